The summed E-state index contributed by atoms with van der Waals surface area (Å²) >= 11 is 0. The average Bonchev–Trinajstić information content (AvgIpc) is 2.62. The van der Waals surface area contributed by atoms with Crippen LogP contribution in [0.15, 0.2) is 0 Å². The summed E-state index contributed by atoms with van der Waals surface area (Å²) in [7, 11) is 0. The summed E-state index contributed by atoms with van der Waals surface area (Å²) in [5.74, 6) is 1.15. The summed E-state index contributed by atoms with van der Waals surface area (Å²) in [6.45, 7) is 5.08. The van der Waals surface area contributed by atoms with Crippen LogP contribution in [0.3, 0.4) is 0 Å². The van der Waals surface area contributed by atoms with Gasteiger partial charge < -0.3 is 9.64 Å². The third-order valence-corrected chi connectivity index (χ3v) is 2.73. The van der Waals surface area contributed by atoms with Gasteiger partial charge in [0.2, 0.25) is 0 Å². The number of ether oxygens (including phenoxy) is 1. The Morgan fingerprint density at radius 1 is 1.64 bits per heavy atom. The van der Waals surface area contributed by atoms with Crippen LogP contribution in [0.2, 0.25) is 0 Å². The first-order valence-electron chi connectivity index (χ1n) is 5.12. The molecule has 3 nitrogen and oxygen atoms in total. The lowest BCUT2D eigenvalue weighted by Crippen LogP contribution is -2.30. The molecule has 1 atom stereocenters. The molecule has 1 aliphatic heterocycles. The Kier molecular flexibility index (Phi) is 4.17. The van der Waals surface area contributed by atoms with Gasteiger partial charge in [-0.25, -0.2) is 9.18 Å². The SMILES string of the molecule is CC(C)C1CCN(C(=O)OCCF)C1. The van der Waals surface area contributed by atoms with Crippen molar-refractivity contribution >= 4 is 6.09 Å². The largest absolute Gasteiger partial charge is 0.447 e. The van der Waals surface area contributed by atoms with E-state index in [1.807, 2.05) is 0 Å². The van der Waals surface area contributed by atoms with Crippen molar-refractivity contribution in [2.45, 2.75) is 20.3 Å². The molecule has 0 aromatic carbocycles. The van der Waals surface area contributed by atoms with Crippen LogP contribution in [0.5, 0.6) is 0 Å². The Bertz CT molecular complexity index is 197. The first-order chi connectivity index (χ1) is 6.65. The molecule has 82 valence electrons. The van der Waals surface area contributed by atoms with E-state index in [4.69, 9.17) is 4.74 Å². The lowest BCUT2D eigenvalue weighted by molar-refractivity contribution is 0.102. The zero-order valence-electron chi connectivity index (χ0n) is 8.83. The van der Waals surface area contributed by atoms with Gasteiger partial charge in [0.05, 0.1) is 0 Å². The van der Waals surface area contributed by atoms with Gasteiger partial charge in [-0.2, -0.15) is 0 Å². The summed E-state index contributed by atoms with van der Waals surface area (Å²) in [6, 6.07) is 0. The highest BCUT2D eigenvalue weighted by molar-refractivity contribution is 5.67. The van der Waals surface area contributed by atoms with Gasteiger partial charge >= 0.3 is 6.09 Å². The maximum Gasteiger partial charge on any atom is 0.409 e. The first-order valence-corrected chi connectivity index (χ1v) is 5.12. The second-order valence-electron chi connectivity index (χ2n) is 4.04. The van der Waals surface area contributed by atoms with Crippen molar-refractivity contribution < 1.29 is 13.9 Å². The first kappa shape index (κ1) is 11.3. The van der Waals surface area contributed by atoms with E-state index in [0.717, 1.165) is 19.5 Å². The molecule has 0 aromatic heterocycles. The Morgan fingerprint density at radius 3 is 2.86 bits per heavy atom. The lowest BCUT2D eigenvalue weighted by atomic mass is 9.95. The van der Waals surface area contributed by atoms with Crippen LogP contribution in [0.4, 0.5) is 9.18 Å². The maximum absolute atomic E-state index is 11.7. The van der Waals surface area contributed by atoms with Crippen molar-refractivity contribution in [2.24, 2.45) is 11.8 Å². The smallest absolute Gasteiger partial charge is 0.409 e. The number of hydrogen-bond donors (Lipinski definition) is 0. The molecule has 1 fully saturated rings. The fourth-order valence-electron chi connectivity index (χ4n) is 1.71. The molecule has 4 heteroatoms. The third-order valence-electron chi connectivity index (χ3n) is 2.73. The van der Waals surface area contributed by atoms with E-state index in [1.54, 1.807) is 4.90 Å². The van der Waals surface area contributed by atoms with Crippen LogP contribution in [0.25, 0.3) is 0 Å². The van der Waals surface area contributed by atoms with E-state index >= 15 is 0 Å². The third kappa shape index (κ3) is 2.86. The summed E-state index contributed by atoms with van der Waals surface area (Å²) in [6.07, 6.45) is 0.661. The molecule has 0 aromatic rings. The Balaban J connectivity index is 2.30. The molecule has 1 aliphatic rings. The number of alkyl halides is 1. The quantitative estimate of drug-likeness (QED) is 0.702. The highest BCUT2D eigenvalue weighted by Crippen LogP contribution is 2.23. The molecule has 0 aliphatic carbocycles. The average molecular weight is 203 g/mol. The molecule has 0 saturated carbocycles. The van der Waals surface area contributed by atoms with E-state index in [1.165, 1.54) is 0 Å². The maximum atomic E-state index is 11.7. The number of carbonyl (C=O) groups excluding carboxylic acids is 1. The summed E-state index contributed by atoms with van der Waals surface area (Å²) in [4.78, 5) is 13.0. The molecule has 1 saturated heterocycles. The highest BCUT2D eigenvalue weighted by Gasteiger charge is 2.28. The Morgan fingerprint density at radius 2 is 2.36 bits per heavy atom. The zero-order chi connectivity index (χ0) is 10.6. The lowest BCUT2D eigenvalue weighted by Gasteiger charge is -2.17. The van der Waals surface area contributed by atoms with Gasteiger partial charge in [-0.05, 0) is 18.3 Å². The van der Waals surface area contributed by atoms with Gasteiger partial charge in [0.25, 0.3) is 0 Å². The molecule has 1 heterocycles. The molecule has 1 amide bonds. The molecule has 0 radical (unpaired) electrons. The predicted molar refractivity (Wildman–Crippen MR) is 51.8 cm³/mol. The van der Waals surface area contributed by atoms with Crippen LogP contribution < -0.4 is 0 Å². The minimum Gasteiger partial charge on any atom is -0.447 e. The number of carbonyl (C=O) groups is 1. The molecule has 0 bridgehead atoms. The van der Waals surface area contributed by atoms with E-state index in [9.17, 15) is 9.18 Å². The van der Waals surface area contributed by atoms with Crippen molar-refractivity contribution in [1.82, 2.24) is 4.90 Å². The van der Waals surface area contributed by atoms with Crippen LogP contribution in [0, 0.1) is 11.8 Å². The standard InChI is InChI=1S/C10H18FNO2/c1-8(2)9-3-5-12(7-9)10(13)14-6-4-11/h8-9H,3-7H2,1-2H3. The summed E-state index contributed by atoms with van der Waals surface area (Å²) in [5, 5.41) is 0. The highest BCUT2D eigenvalue weighted by atomic mass is 19.1. The van der Waals surface area contributed by atoms with Crippen LogP contribution in [-0.4, -0.2) is 37.4 Å². The molecule has 0 N–H and O–H groups in total. The van der Waals surface area contributed by atoms with Gasteiger partial charge in [-0.3, -0.25) is 0 Å². The fourth-order valence-corrected chi connectivity index (χ4v) is 1.71. The zero-order valence-corrected chi connectivity index (χ0v) is 8.83. The van der Waals surface area contributed by atoms with E-state index in [-0.39, 0.29) is 12.7 Å². The fraction of sp³-hybridized carbons (Fsp3) is 0.900. The van der Waals surface area contributed by atoms with Crippen molar-refractivity contribution in [2.75, 3.05) is 26.4 Å². The Labute approximate surface area is 84.2 Å². The second-order valence-corrected chi connectivity index (χ2v) is 4.04. The van der Waals surface area contributed by atoms with E-state index in [0.29, 0.717) is 11.8 Å². The summed E-state index contributed by atoms with van der Waals surface area (Å²) in [5.41, 5.74) is 0. The number of halogens is 1. The molecule has 1 rings (SSSR count). The predicted octanol–water partition coefficient (Wildman–Crippen LogP) is 2.07. The van der Waals surface area contributed by atoms with E-state index in [2.05, 4.69) is 13.8 Å². The van der Waals surface area contributed by atoms with Gasteiger partial charge in [0.1, 0.15) is 13.3 Å². The van der Waals surface area contributed by atoms with Crippen LogP contribution in [0.1, 0.15) is 20.3 Å². The Hall–Kier alpha value is -0.800. The van der Waals surface area contributed by atoms with Crippen molar-refractivity contribution in [3.8, 4) is 0 Å². The van der Waals surface area contributed by atoms with Gasteiger partial charge in [0.15, 0.2) is 0 Å². The molecule has 0 spiro atoms. The number of amides is 1. The minimum atomic E-state index is -0.604. The van der Waals surface area contributed by atoms with E-state index < -0.39 is 6.67 Å². The minimum absolute atomic E-state index is 0.123. The van der Waals surface area contributed by atoms with Gasteiger partial charge in [-0.1, -0.05) is 13.8 Å². The molecular formula is C10H18FNO2. The number of hydrogen-bond acceptors (Lipinski definition) is 2. The van der Waals surface area contributed by atoms with Gasteiger partial charge in [0, 0.05) is 13.1 Å². The second kappa shape index (κ2) is 5.17. The monoisotopic (exact) mass is 203 g/mol. The molecular weight excluding hydrogens is 185 g/mol. The van der Waals surface area contributed by atoms with Crippen LogP contribution in [-0.2, 0) is 4.74 Å². The number of likely N-dealkylation sites (tertiary alicyclic amines) is 1. The van der Waals surface area contributed by atoms with Crippen molar-refractivity contribution in [3.63, 3.8) is 0 Å². The van der Waals surface area contributed by atoms with Crippen molar-refractivity contribution in [1.29, 1.82) is 0 Å². The summed E-state index contributed by atoms with van der Waals surface area (Å²) < 4.78 is 16.5. The topological polar surface area (TPSA) is 29.5 Å². The van der Waals surface area contributed by atoms with Gasteiger partial charge in [-0.15, -0.1) is 0 Å². The molecule has 14 heavy (non-hydrogen) atoms. The molecule has 1 unspecified atom stereocenters. The number of nitrogens with zero attached hydrogens (tertiary/aromatic N) is 1. The van der Waals surface area contributed by atoms with Crippen molar-refractivity contribution in [3.05, 3.63) is 0 Å². The van der Waals surface area contributed by atoms with Crippen LogP contribution >= 0.6 is 0 Å². The number of rotatable bonds is 3. The normalized spacial score (nSPS) is 21.7.